The second-order valence-corrected chi connectivity index (χ2v) is 8.14. The van der Waals surface area contributed by atoms with E-state index in [9.17, 15) is 8.42 Å². The van der Waals surface area contributed by atoms with Crippen molar-refractivity contribution in [2.75, 3.05) is 26.5 Å². The standard InChI is InChI=1S/C15H23NO4S/c1-10-8-19-13-6-5-12(7-14(13)20-9-10)15(16-3)11(2)21(4,17)18/h5-7,10-11,15-16H,8-9H2,1-4H3. The maximum atomic E-state index is 11.8. The molecule has 1 aliphatic heterocycles. The SMILES string of the molecule is CNC(c1ccc2c(c1)OCC(C)CO2)C(C)S(C)(=O)=O. The summed E-state index contributed by atoms with van der Waals surface area (Å²) in [6.07, 6.45) is 1.26. The van der Waals surface area contributed by atoms with Crippen LogP contribution in [0, 0.1) is 5.92 Å². The minimum absolute atomic E-state index is 0.283. The predicted octanol–water partition coefficient (Wildman–Crippen LogP) is 1.79. The van der Waals surface area contributed by atoms with Crippen LogP contribution in [0.15, 0.2) is 18.2 Å². The normalized spacial score (nSPS) is 21.4. The van der Waals surface area contributed by atoms with E-state index in [-0.39, 0.29) is 6.04 Å². The fourth-order valence-electron chi connectivity index (χ4n) is 2.38. The summed E-state index contributed by atoms with van der Waals surface area (Å²) in [6.45, 7) is 5.00. The molecule has 1 aromatic rings. The highest BCUT2D eigenvalue weighted by Crippen LogP contribution is 2.34. The largest absolute Gasteiger partial charge is 0.489 e. The summed E-state index contributed by atoms with van der Waals surface area (Å²) >= 11 is 0. The van der Waals surface area contributed by atoms with Crippen LogP contribution in [0.4, 0.5) is 0 Å². The molecule has 0 bridgehead atoms. The number of ether oxygens (including phenoxy) is 2. The molecule has 0 radical (unpaired) electrons. The second-order valence-electron chi connectivity index (χ2n) is 5.73. The van der Waals surface area contributed by atoms with Crippen LogP contribution >= 0.6 is 0 Å². The van der Waals surface area contributed by atoms with Crippen molar-refractivity contribution in [3.05, 3.63) is 23.8 Å². The molecule has 3 atom stereocenters. The van der Waals surface area contributed by atoms with Gasteiger partial charge >= 0.3 is 0 Å². The quantitative estimate of drug-likeness (QED) is 0.918. The first kappa shape index (κ1) is 16.1. The third-order valence-corrected chi connectivity index (χ3v) is 5.45. The molecule has 0 spiro atoms. The van der Waals surface area contributed by atoms with Gasteiger partial charge in [0.1, 0.15) is 0 Å². The summed E-state index contributed by atoms with van der Waals surface area (Å²) < 4.78 is 35.0. The van der Waals surface area contributed by atoms with Gasteiger partial charge in [-0.1, -0.05) is 13.0 Å². The summed E-state index contributed by atoms with van der Waals surface area (Å²) in [5.74, 6) is 1.72. The molecule has 6 heteroatoms. The van der Waals surface area contributed by atoms with Gasteiger partial charge in [0.2, 0.25) is 0 Å². The molecule has 0 aromatic heterocycles. The molecule has 118 valence electrons. The lowest BCUT2D eigenvalue weighted by atomic mass is 10.0. The van der Waals surface area contributed by atoms with Crippen LogP contribution in [0.2, 0.25) is 0 Å². The Balaban J connectivity index is 2.32. The van der Waals surface area contributed by atoms with Crippen molar-refractivity contribution in [1.82, 2.24) is 5.32 Å². The van der Waals surface area contributed by atoms with Crippen molar-refractivity contribution in [3.8, 4) is 11.5 Å². The van der Waals surface area contributed by atoms with Crippen LogP contribution in [0.5, 0.6) is 11.5 Å². The van der Waals surface area contributed by atoms with Crippen LogP contribution in [-0.4, -0.2) is 40.2 Å². The monoisotopic (exact) mass is 313 g/mol. The molecule has 3 unspecified atom stereocenters. The van der Waals surface area contributed by atoms with E-state index in [2.05, 4.69) is 12.2 Å². The van der Waals surface area contributed by atoms with Crippen molar-refractivity contribution < 1.29 is 17.9 Å². The Kier molecular flexibility index (Phi) is 4.78. The Hall–Kier alpha value is -1.27. The fraction of sp³-hybridized carbons (Fsp3) is 0.600. The van der Waals surface area contributed by atoms with Crippen molar-refractivity contribution in [3.63, 3.8) is 0 Å². The van der Waals surface area contributed by atoms with Gasteiger partial charge < -0.3 is 14.8 Å². The smallest absolute Gasteiger partial charge is 0.161 e. The second kappa shape index (κ2) is 6.23. The molecule has 1 aliphatic rings. The summed E-state index contributed by atoms with van der Waals surface area (Å²) in [4.78, 5) is 0. The molecule has 0 saturated carbocycles. The van der Waals surface area contributed by atoms with E-state index in [0.717, 1.165) is 5.56 Å². The molecule has 1 heterocycles. The zero-order chi connectivity index (χ0) is 15.6. The molecule has 1 N–H and O–H groups in total. The molecule has 0 amide bonds. The number of fused-ring (bicyclic) bond motifs is 1. The minimum Gasteiger partial charge on any atom is -0.489 e. The predicted molar refractivity (Wildman–Crippen MR) is 82.7 cm³/mol. The first-order valence-electron chi connectivity index (χ1n) is 7.08. The maximum Gasteiger partial charge on any atom is 0.161 e. The van der Waals surface area contributed by atoms with Crippen molar-refractivity contribution in [1.29, 1.82) is 0 Å². The molecular formula is C15H23NO4S. The Bertz CT molecular complexity index is 600. The summed E-state index contributed by atoms with van der Waals surface area (Å²) in [6, 6.07) is 5.33. The zero-order valence-corrected chi connectivity index (χ0v) is 13.7. The minimum atomic E-state index is -3.13. The number of hydrogen-bond donors (Lipinski definition) is 1. The summed E-state index contributed by atoms with van der Waals surface area (Å²) in [5.41, 5.74) is 0.882. The Labute approximate surface area is 126 Å². The topological polar surface area (TPSA) is 64.6 Å². The third-order valence-electron chi connectivity index (χ3n) is 3.83. The van der Waals surface area contributed by atoms with Crippen LogP contribution < -0.4 is 14.8 Å². The molecule has 2 rings (SSSR count). The maximum absolute atomic E-state index is 11.8. The van der Waals surface area contributed by atoms with E-state index < -0.39 is 15.1 Å². The summed E-state index contributed by atoms with van der Waals surface area (Å²) in [7, 11) is -1.37. The van der Waals surface area contributed by atoms with E-state index >= 15 is 0 Å². The molecule has 5 nitrogen and oxygen atoms in total. The van der Waals surface area contributed by atoms with Crippen LogP contribution in [0.3, 0.4) is 0 Å². The third kappa shape index (κ3) is 3.68. The van der Waals surface area contributed by atoms with Crippen LogP contribution in [-0.2, 0) is 9.84 Å². The molecule has 0 saturated heterocycles. The van der Waals surface area contributed by atoms with E-state index in [1.807, 2.05) is 18.2 Å². The lowest BCUT2D eigenvalue weighted by Crippen LogP contribution is -2.32. The number of nitrogens with one attached hydrogen (secondary N) is 1. The van der Waals surface area contributed by atoms with Gasteiger partial charge in [-0.2, -0.15) is 0 Å². The van der Waals surface area contributed by atoms with Gasteiger partial charge in [0.05, 0.1) is 18.5 Å². The molecule has 0 aliphatic carbocycles. The highest BCUT2D eigenvalue weighted by molar-refractivity contribution is 7.91. The first-order valence-corrected chi connectivity index (χ1v) is 9.04. The van der Waals surface area contributed by atoms with Gasteiger partial charge in [-0.05, 0) is 31.7 Å². The number of rotatable bonds is 4. The average Bonchev–Trinajstić information content (AvgIpc) is 2.61. The van der Waals surface area contributed by atoms with Gasteiger partial charge in [0, 0.05) is 18.2 Å². The van der Waals surface area contributed by atoms with Crippen molar-refractivity contribution >= 4 is 9.84 Å². The zero-order valence-electron chi connectivity index (χ0n) is 12.9. The van der Waals surface area contributed by atoms with Crippen molar-refractivity contribution in [2.24, 2.45) is 5.92 Å². The molecule has 21 heavy (non-hydrogen) atoms. The first-order chi connectivity index (χ1) is 9.82. The van der Waals surface area contributed by atoms with Crippen LogP contribution in [0.25, 0.3) is 0 Å². The van der Waals surface area contributed by atoms with Crippen molar-refractivity contribution in [2.45, 2.75) is 25.1 Å². The summed E-state index contributed by atoms with van der Waals surface area (Å²) in [5, 5.41) is 2.56. The Morgan fingerprint density at radius 3 is 2.43 bits per heavy atom. The molecule has 0 fully saturated rings. The highest BCUT2D eigenvalue weighted by atomic mass is 32.2. The van der Waals surface area contributed by atoms with Gasteiger partial charge in [-0.3, -0.25) is 0 Å². The molecule has 1 aromatic carbocycles. The highest BCUT2D eigenvalue weighted by Gasteiger charge is 2.27. The lowest BCUT2D eigenvalue weighted by molar-refractivity contribution is 0.228. The molecular weight excluding hydrogens is 290 g/mol. The Morgan fingerprint density at radius 1 is 1.24 bits per heavy atom. The van der Waals surface area contributed by atoms with E-state index in [1.165, 1.54) is 6.26 Å². The van der Waals surface area contributed by atoms with Gasteiger partial charge in [0.25, 0.3) is 0 Å². The van der Waals surface area contributed by atoms with Crippen LogP contribution in [0.1, 0.15) is 25.5 Å². The van der Waals surface area contributed by atoms with E-state index in [1.54, 1.807) is 14.0 Å². The van der Waals surface area contributed by atoms with E-state index in [0.29, 0.717) is 30.6 Å². The number of benzene rings is 1. The fourth-order valence-corrected chi connectivity index (χ4v) is 3.17. The average molecular weight is 313 g/mol. The number of sulfone groups is 1. The van der Waals surface area contributed by atoms with Gasteiger partial charge in [-0.15, -0.1) is 0 Å². The van der Waals surface area contributed by atoms with Gasteiger partial charge in [-0.25, -0.2) is 8.42 Å². The lowest BCUT2D eigenvalue weighted by Gasteiger charge is -2.23. The van der Waals surface area contributed by atoms with E-state index in [4.69, 9.17) is 9.47 Å². The van der Waals surface area contributed by atoms with Gasteiger partial charge in [0.15, 0.2) is 21.3 Å². The number of hydrogen-bond acceptors (Lipinski definition) is 5. The Morgan fingerprint density at radius 2 is 1.86 bits per heavy atom.